The van der Waals surface area contributed by atoms with Crippen LogP contribution in [0.2, 0.25) is 0 Å². The van der Waals surface area contributed by atoms with Crippen molar-refractivity contribution in [3.8, 4) is 0 Å². The van der Waals surface area contributed by atoms with Crippen LogP contribution in [0.4, 0.5) is 5.69 Å². The maximum atomic E-state index is 13.0. The van der Waals surface area contributed by atoms with E-state index < -0.39 is 6.10 Å². The number of ether oxygens (including phenoxy) is 1. The van der Waals surface area contributed by atoms with Crippen molar-refractivity contribution in [3.05, 3.63) is 41.5 Å². The summed E-state index contributed by atoms with van der Waals surface area (Å²) in [5, 5.41) is 11.6. The Labute approximate surface area is 192 Å². The third-order valence-corrected chi connectivity index (χ3v) is 9.07. The van der Waals surface area contributed by atoms with Gasteiger partial charge in [0.25, 0.3) is 0 Å². The van der Waals surface area contributed by atoms with Crippen LogP contribution in [0.15, 0.2) is 35.9 Å². The van der Waals surface area contributed by atoms with E-state index in [1.54, 1.807) is 0 Å². The number of rotatable bonds is 3. The summed E-state index contributed by atoms with van der Waals surface area (Å²) >= 11 is 0. The van der Waals surface area contributed by atoms with E-state index in [0.29, 0.717) is 18.5 Å². The first-order chi connectivity index (χ1) is 15.3. The summed E-state index contributed by atoms with van der Waals surface area (Å²) in [6.07, 6.45) is 4.57. The maximum absolute atomic E-state index is 13.0. The van der Waals surface area contributed by atoms with E-state index in [-0.39, 0.29) is 29.3 Å². The van der Waals surface area contributed by atoms with Crippen molar-refractivity contribution in [2.45, 2.75) is 65.2 Å². The topological polar surface area (TPSA) is 53.0 Å². The quantitative estimate of drug-likeness (QED) is 0.575. The van der Waals surface area contributed by atoms with Gasteiger partial charge in [-0.2, -0.15) is 0 Å². The number of carbonyl (C=O) groups excluding carboxylic acids is 1. The Morgan fingerprint density at radius 2 is 2.06 bits per heavy atom. The number of hydrogen-bond acceptors (Lipinski definition) is 5. The van der Waals surface area contributed by atoms with Crippen molar-refractivity contribution in [2.75, 3.05) is 31.1 Å². The second-order valence-electron chi connectivity index (χ2n) is 10.9. The summed E-state index contributed by atoms with van der Waals surface area (Å²) in [5.74, 6) is -0.0217. The lowest BCUT2D eigenvalue weighted by molar-refractivity contribution is -0.145. The molecule has 4 aliphatic rings. The number of carbonyl (C=O) groups is 1. The lowest BCUT2D eigenvalue weighted by Crippen LogP contribution is -2.56. The summed E-state index contributed by atoms with van der Waals surface area (Å²) in [5.41, 5.74) is 3.63. The Balaban J connectivity index is 1.30. The van der Waals surface area contributed by atoms with Crippen molar-refractivity contribution < 1.29 is 14.6 Å². The number of hydrogen-bond donors (Lipinski definition) is 1. The van der Waals surface area contributed by atoms with Gasteiger partial charge in [-0.1, -0.05) is 37.6 Å². The molecule has 5 rings (SSSR count). The van der Waals surface area contributed by atoms with Crippen LogP contribution < -0.4 is 4.90 Å². The van der Waals surface area contributed by atoms with Gasteiger partial charge in [-0.25, -0.2) is 0 Å². The maximum Gasteiger partial charge on any atom is 0.311 e. The van der Waals surface area contributed by atoms with E-state index in [0.717, 1.165) is 38.9 Å². The predicted molar refractivity (Wildman–Crippen MR) is 126 cm³/mol. The molecule has 3 fully saturated rings. The Bertz CT molecular complexity index is 914. The van der Waals surface area contributed by atoms with Crippen molar-refractivity contribution in [1.29, 1.82) is 0 Å². The predicted octanol–water partition coefficient (Wildman–Crippen LogP) is 3.79. The number of aliphatic hydroxyl groups excluding tert-OH is 1. The summed E-state index contributed by atoms with van der Waals surface area (Å²) in [4.78, 5) is 17.8. The highest BCUT2D eigenvalue weighted by molar-refractivity contribution is 5.76. The molecule has 0 aromatic heterocycles. The number of allylic oxidation sites excluding steroid dienone is 1. The van der Waals surface area contributed by atoms with Crippen LogP contribution in [0, 0.1) is 30.1 Å². The minimum absolute atomic E-state index is 0.102. The lowest BCUT2D eigenvalue weighted by atomic mass is 9.55. The number of nitrogens with zero attached hydrogens (tertiary/aromatic N) is 2. The second-order valence-corrected chi connectivity index (χ2v) is 10.9. The van der Waals surface area contributed by atoms with Gasteiger partial charge in [0.1, 0.15) is 6.10 Å². The Morgan fingerprint density at radius 3 is 2.81 bits per heavy atom. The summed E-state index contributed by atoms with van der Waals surface area (Å²) in [6, 6.07) is 9.07. The highest BCUT2D eigenvalue weighted by atomic mass is 16.6. The molecule has 2 saturated heterocycles. The standard InChI is InChI=1S/C27H38N2O3/c1-17-7-5-10-21(13-17)29-12-11-28(15-19(29)3)16-22-24-23(32-26(22)31)14-20-9-6-8-18(2)27(20,4)25(24)30/h5,7,9-10,13,18-19,22-25,30H,6,8,11-12,14-16H2,1-4H3/t18-,19+,22+,23+,24+,25-,27+/m0/s1. The molecule has 1 N–H and O–H groups in total. The molecule has 0 amide bonds. The zero-order valence-electron chi connectivity index (χ0n) is 20.0. The van der Waals surface area contributed by atoms with Crippen LogP contribution in [0.1, 0.15) is 45.6 Å². The largest absolute Gasteiger partial charge is 0.461 e. The highest BCUT2D eigenvalue weighted by Gasteiger charge is 2.59. The van der Waals surface area contributed by atoms with Gasteiger partial charge in [0.05, 0.1) is 12.0 Å². The third kappa shape index (κ3) is 3.49. The third-order valence-electron chi connectivity index (χ3n) is 9.07. The molecule has 0 spiro atoms. The first kappa shape index (κ1) is 22.0. The van der Waals surface area contributed by atoms with Crippen molar-refractivity contribution >= 4 is 11.7 Å². The van der Waals surface area contributed by atoms with Gasteiger partial charge < -0.3 is 14.7 Å². The molecule has 2 aliphatic carbocycles. The average Bonchev–Trinajstić information content (AvgIpc) is 3.05. The van der Waals surface area contributed by atoms with Gasteiger partial charge in [-0.3, -0.25) is 9.69 Å². The molecule has 1 saturated carbocycles. The molecule has 1 aromatic rings. The first-order valence-electron chi connectivity index (χ1n) is 12.4. The molecule has 2 heterocycles. The van der Waals surface area contributed by atoms with E-state index in [4.69, 9.17) is 4.74 Å². The molecule has 5 nitrogen and oxygen atoms in total. The number of anilines is 1. The molecule has 1 aromatic carbocycles. The van der Waals surface area contributed by atoms with E-state index >= 15 is 0 Å². The molecule has 0 radical (unpaired) electrons. The van der Waals surface area contributed by atoms with Gasteiger partial charge in [0, 0.05) is 55.7 Å². The Kier molecular flexibility index (Phi) is 5.61. The van der Waals surface area contributed by atoms with Crippen molar-refractivity contribution in [3.63, 3.8) is 0 Å². The number of aryl methyl sites for hydroxylation is 1. The molecular weight excluding hydrogens is 400 g/mol. The van der Waals surface area contributed by atoms with E-state index in [9.17, 15) is 9.90 Å². The summed E-state index contributed by atoms with van der Waals surface area (Å²) in [6.45, 7) is 12.4. The lowest BCUT2D eigenvalue weighted by Gasteiger charge is -2.52. The highest BCUT2D eigenvalue weighted by Crippen LogP contribution is 2.56. The minimum atomic E-state index is -0.523. The molecule has 0 bridgehead atoms. The molecule has 0 unspecified atom stereocenters. The van der Waals surface area contributed by atoms with Gasteiger partial charge >= 0.3 is 5.97 Å². The number of benzene rings is 1. The molecule has 2 aliphatic heterocycles. The van der Waals surface area contributed by atoms with Crippen LogP contribution in [-0.2, 0) is 9.53 Å². The number of piperazine rings is 1. The fourth-order valence-corrected chi connectivity index (χ4v) is 6.94. The smallest absolute Gasteiger partial charge is 0.311 e. The normalized spacial score (nSPS) is 39.8. The van der Waals surface area contributed by atoms with E-state index in [2.05, 4.69) is 67.8 Å². The molecule has 32 heavy (non-hydrogen) atoms. The van der Waals surface area contributed by atoms with Crippen molar-refractivity contribution in [2.24, 2.45) is 23.2 Å². The molecule has 7 atom stereocenters. The van der Waals surface area contributed by atoms with Gasteiger partial charge in [0.2, 0.25) is 0 Å². The average molecular weight is 439 g/mol. The van der Waals surface area contributed by atoms with Gasteiger partial charge in [-0.05, 0) is 50.3 Å². The zero-order chi connectivity index (χ0) is 22.6. The fraction of sp³-hybridized carbons (Fsp3) is 0.667. The Hall–Kier alpha value is -1.85. The second kappa shape index (κ2) is 8.18. The zero-order valence-corrected chi connectivity index (χ0v) is 20.0. The minimum Gasteiger partial charge on any atom is -0.461 e. The van der Waals surface area contributed by atoms with E-state index in [1.807, 2.05) is 0 Å². The fourth-order valence-electron chi connectivity index (χ4n) is 6.94. The number of fused-ring (bicyclic) bond motifs is 2. The summed E-state index contributed by atoms with van der Waals surface area (Å²) in [7, 11) is 0. The van der Waals surface area contributed by atoms with Crippen LogP contribution >= 0.6 is 0 Å². The van der Waals surface area contributed by atoms with Gasteiger partial charge in [-0.15, -0.1) is 0 Å². The molecule has 5 heteroatoms. The number of aliphatic hydroxyl groups is 1. The first-order valence-corrected chi connectivity index (χ1v) is 12.4. The monoisotopic (exact) mass is 438 g/mol. The van der Waals surface area contributed by atoms with E-state index in [1.165, 1.54) is 16.8 Å². The van der Waals surface area contributed by atoms with Crippen LogP contribution in [0.25, 0.3) is 0 Å². The van der Waals surface area contributed by atoms with Crippen LogP contribution in [0.5, 0.6) is 0 Å². The SMILES string of the molecule is Cc1cccc(N2CCN(C[C@H]3C(=O)O[C@@H]4CC5=CCC[C@H](C)[C@@]5(C)[C@@H](O)[C@@H]43)C[C@H]2C)c1. The van der Waals surface area contributed by atoms with Crippen LogP contribution in [-0.4, -0.2) is 60.4 Å². The number of esters is 1. The summed E-state index contributed by atoms with van der Waals surface area (Å²) < 4.78 is 5.87. The molecular formula is C27H38N2O3. The molecule has 174 valence electrons. The van der Waals surface area contributed by atoms with Crippen LogP contribution in [0.3, 0.4) is 0 Å². The Morgan fingerprint density at radius 1 is 1.25 bits per heavy atom. The van der Waals surface area contributed by atoms with Crippen molar-refractivity contribution in [1.82, 2.24) is 4.90 Å². The van der Waals surface area contributed by atoms with Gasteiger partial charge in [0.15, 0.2) is 0 Å².